The van der Waals surface area contributed by atoms with Gasteiger partial charge in [0.15, 0.2) is 0 Å². The number of nitrogens with one attached hydrogen (secondary N) is 1. The number of hydrogen-bond donors (Lipinski definition) is 3. The summed E-state index contributed by atoms with van der Waals surface area (Å²) in [5, 5.41) is 22.1. The second-order valence-corrected chi connectivity index (χ2v) is 10.3. The first kappa shape index (κ1) is 28.6. The molecule has 0 radical (unpaired) electrons. The molecule has 3 N–H and O–H groups in total. The molecule has 2 aromatic carbocycles. The summed E-state index contributed by atoms with van der Waals surface area (Å²) in [4.78, 5) is 49.5. The van der Waals surface area contributed by atoms with Crippen LogP contribution in [0.25, 0.3) is 0 Å². The molecule has 0 aromatic heterocycles. The molecule has 0 saturated carbocycles. The number of halogens is 2. The number of carbonyl (C=O) groups is 4. The molecule has 1 fully saturated rings. The number of benzene rings is 2. The molecule has 2 atom stereocenters. The Morgan fingerprint density at radius 2 is 1.73 bits per heavy atom. The van der Waals surface area contributed by atoms with E-state index in [4.69, 9.17) is 33.0 Å². The summed E-state index contributed by atoms with van der Waals surface area (Å²) in [6.45, 7) is 0.451. The fraction of sp³-hybridized carbons (Fsp3) is 0.360. The Morgan fingerprint density at radius 1 is 1.05 bits per heavy atom. The molecule has 1 aliphatic rings. The molecule has 9 nitrogen and oxygen atoms in total. The van der Waals surface area contributed by atoms with Crippen LogP contribution in [-0.2, 0) is 32.2 Å². The van der Waals surface area contributed by atoms with Gasteiger partial charge in [-0.25, -0.2) is 4.79 Å². The van der Waals surface area contributed by atoms with Gasteiger partial charge in [-0.3, -0.25) is 14.4 Å². The lowest BCUT2D eigenvalue weighted by Crippen LogP contribution is -2.57. The number of carboxylic acid groups (broad SMARTS) is 2. The van der Waals surface area contributed by atoms with Crippen molar-refractivity contribution in [3.05, 3.63) is 63.6 Å². The van der Waals surface area contributed by atoms with E-state index in [0.29, 0.717) is 45.0 Å². The van der Waals surface area contributed by atoms with E-state index in [1.165, 1.54) is 16.7 Å². The number of amides is 2. The van der Waals surface area contributed by atoms with Gasteiger partial charge in [0.25, 0.3) is 0 Å². The van der Waals surface area contributed by atoms with E-state index >= 15 is 0 Å². The van der Waals surface area contributed by atoms with Crippen molar-refractivity contribution in [3.63, 3.8) is 0 Å². The molecule has 2 amide bonds. The predicted octanol–water partition coefficient (Wildman–Crippen LogP) is 3.49. The topological polar surface area (TPSA) is 133 Å². The predicted molar refractivity (Wildman–Crippen MR) is 140 cm³/mol. The number of thioether (sulfide) groups is 1. The number of nitrogens with zero attached hydrogens (tertiary/aromatic N) is 1. The summed E-state index contributed by atoms with van der Waals surface area (Å²) in [6.07, 6.45) is -0.534. The number of carbonyl (C=O) groups excluding carboxylic acids is 2. The monoisotopic (exact) mass is 568 g/mol. The van der Waals surface area contributed by atoms with E-state index < -0.39 is 35.8 Å². The van der Waals surface area contributed by atoms with Gasteiger partial charge in [0.2, 0.25) is 11.8 Å². The summed E-state index contributed by atoms with van der Waals surface area (Å²) in [6, 6.07) is 9.84. The molecular formula is C25H26Cl2N2O7S. The van der Waals surface area contributed by atoms with Gasteiger partial charge in [0.1, 0.15) is 24.4 Å². The van der Waals surface area contributed by atoms with Crippen LogP contribution in [0.2, 0.25) is 10.0 Å². The SMILES string of the molecule is O=C(O)CCC(=O)N1CCSC[C@H]1C(=O)N[C@@H](Cc1ccc(OCc2c(Cl)cccc2Cl)cc1)C(=O)O. The minimum Gasteiger partial charge on any atom is -0.489 e. The van der Waals surface area contributed by atoms with Crippen molar-refractivity contribution in [1.82, 2.24) is 10.2 Å². The Labute approximate surface area is 228 Å². The van der Waals surface area contributed by atoms with Gasteiger partial charge in [0.05, 0.1) is 6.42 Å². The Bertz CT molecular complexity index is 1130. The maximum atomic E-state index is 12.9. The molecule has 37 heavy (non-hydrogen) atoms. The summed E-state index contributed by atoms with van der Waals surface area (Å²) in [7, 11) is 0. The van der Waals surface area contributed by atoms with E-state index in [9.17, 15) is 24.3 Å². The Kier molecular flexibility index (Phi) is 10.5. The smallest absolute Gasteiger partial charge is 0.326 e. The third-order valence-corrected chi connectivity index (χ3v) is 7.46. The van der Waals surface area contributed by atoms with E-state index in [2.05, 4.69) is 5.32 Å². The van der Waals surface area contributed by atoms with Gasteiger partial charge in [-0.05, 0) is 29.8 Å². The number of ether oxygens (including phenoxy) is 1. The van der Waals surface area contributed by atoms with Crippen LogP contribution in [0.4, 0.5) is 0 Å². The lowest BCUT2D eigenvalue weighted by molar-refractivity contribution is -0.145. The zero-order chi connectivity index (χ0) is 26.9. The van der Waals surface area contributed by atoms with Crippen molar-refractivity contribution in [2.75, 3.05) is 18.1 Å². The lowest BCUT2D eigenvalue weighted by Gasteiger charge is -2.35. The molecule has 0 bridgehead atoms. The highest BCUT2D eigenvalue weighted by molar-refractivity contribution is 7.99. The summed E-state index contributed by atoms with van der Waals surface area (Å²) < 4.78 is 5.74. The standard InChI is InChI=1S/C25H26Cl2N2O7S/c26-18-2-1-3-19(27)17(18)13-36-16-6-4-15(5-7-16)12-20(25(34)35)28-24(33)21-14-37-11-10-29(21)22(30)8-9-23(31)32/h1-7,20-21H,8-14H2,(H,28,33)(H,31,32)(H,34,35)/t20-,21-/m0/s1. The van der Waals surface area contributed by atoms with Crippen LogP contribution in [0.15, 0.2) is 42.5 Å². The first-order chi connectivity index (χ1) is 17.7. The summed E-state index contributed by atoms with van der Waals surface area (Å²) >= 11 is 13.8. The maximum absolute atomic E-state index is 12.9. The molecule has 3 rings (SSSR count). The zero-order valence-electron chi connectivity index (χ0n) is 19.7. The molecule has 0 unspecified atom stereocenters. The molecule has 198 valence electrons. The Hall–Kier alpha value is -2.95. The van der Waals surface area contributed by atoms with E-state index in [1.807, 2.05) is 0 Å². The van der Waals surface area contributed by atoms with E-state index in [1.54, 1.807) is 42.5 Å². The zero-order valence-corrected chi connectivity index (χ0v) is 22.0. The molecule has 2 aromatic rings. The van der Waals surface area contributed by atoms with Crippen molar-refractivity contribution < 1.29 is 34.1 Å². The summed E-state index contributed by atoms with van der Waals surface area (Å²) in [5.74, 6) is -1.89. The quantitative estimate of drug-likeness (QED) is 0.375. The highest BCUT2D eigenvalue weighted by Gasteiger charge is 2.34. The number of hydrogen-bond acceptors (Lipinski definition) is 6. The van der Waals surface area contributed by atoms with Gasteiger partial charge in [-0.1, -0.05) is 41.4 Å². The largest absolute Gasteiger partial charge is 0.489 e. The average Bonchev–Trinajstić information content (AvgIpc) is 2.87. The number of aliphatic carboxylic acids is 2. The Balaban J connectivity index is 1.60. The second-order valence-electron chi connectivity index (χ2n) is 8.31. The molecule has 1 aliphatic heterocycles. The van der Waals surface area contributed by atoms with E-state index in [-0.39, 0.29) is 25.9 Å². The normalized spacial score (nSPS) is 16.1. The van der Waals surface area contributed by atoms with Crippen LogP contribution >= 0.6 is 35.0 Å². The van der Waals surface area contributed by atoms with E-state index in [0.717, 1.165) is 0 Å². The molecule has 1 saturated heterocycles. The third-order valence-electron chi connectivity index (χ3n) is 5.73. The molecular weight excluding hydrogens is 543 g/mol. The van der Waals surface area contributed by atoms with Gasteiger partial charge in [0, 0.05) is 46.5 Å². The van der Waals surface area contributed by atoms with Gasteiger partial charge < -0.3 is 25.2 Å². The average molecular weight is 569 g/mol. The highest BCUT2D eigenvalue weighted by atomic mass is 35.5. The first-order valence-electron chi connectivity index (χ1n) is 11.4. The third kappa shape index (κ3) is 8.28. The van der Waals surface area contributed by atoms with Crippen LogP contribution < -0.4 is 10.1 Å². The number of carboxylic acids is 2. The first-order valence-corrected chi connectivity index (χ1v) is 13.3. The van der Waals surface area contributed by atoms with Crippen molar-refractivity contribution in [2.45, 2.75) is 38.0 Å². The summed E-state index contributed by atoms with van der Waals surface area (Å²) in [5.41, 5.74) is 1.31. The number of rotatable bonds is 11. The van der Waals surface area contributed by atoms with Gasteiger partial charge in [-0.2, -0.15) is 11.8 Å². The minimum absolute atomic E-state index is 0.0184. The molecule has 0 spiro atoms. The van der Waals surface area contributed by atoms with Crippen LogP contribution in [0.1, 0.15) is 24.0 Å². The highest BCUT2D eigenvalue weighted by Crippen LogP contribution is 2.26. The van der Waals surface area contributed by atoms with Crippen molar-refractivity contribution in [1.29, 1.82) is 0 Å². The van der Waals surface area contributed by atoms with Crippen LogP contribution in [0, 0.1) is 0 Å². The van der Waals surface area contributed by atoms with Crippen molar-refractivity contribution >= 4 is 58.7 Å². The molecule has 12 heteroatoms. The van der Waals surface area contributed by atoms with Crippen molar-refractivity contribution in [2.24, 2.45) is 0 Å². The minimum atomic E-state index is -1.22. The van der Waals surface area contributed by atoms with Crippen LogP contribution in [0.3, 0.4) is 0 Å². The lowest BCUT2D eigenvalue weighted by atomic mass is 10.1. The van der Waals surface area contributed by atoms with Crippen molar-refractivity contribution in [3.8, 4) is 5.75 Å². The van der Waals surface area contributed by atoms with Crippen LogP contribution in [0.5, 0.6) is 5.75 Å². The molecule has 0 aliphatic carbocycles. The van der Waals surface area contributed by atoms with Crippen LogP contribution in [-0.4, -0.2) is 69.0 Å². The van der Waals surface area contributed by atoms with Gasteiger partial charge >= 0.3 is 11.9 Å². The fourth-order valence-electron chi connectivity index (χ4n) is 3.73. The second kappa shape index (κ2) is 13.6. The Morgan fingerprint density at radius 3 is 2.35 bits per heavy atom. The fourth-order valence-corrected chi connectivity index (χ4v) is 5.28. The van der Waals surface area contributed by atoms with Gasteiger partial charge in [-0.15, -0.1) is 0 Å². The maximum Gasteiger partial charge on any atom is 0.326 e. The molecule has 1 heterocycles.